The van der Waals surface area contributed by atoms with Crippen LogP contribution < -0.4 is 0 Å². The minimum absolute atomic E-state index is 0.115. The van der Waals surface area contributed by atoms with Gasteiger partial charge in [0, 0.05) is 11.9 Å². The monoisotopic (exact) mass is 278 g/mol. The smallest absolute Gasteiger partial charge is 0.256 e. The van der Waals surface area contributed by atoms with Crippen molar-refractivity contribution in [3.8, 4) is 0 Å². The van der Waals surface area contributed by atoms with Gasteiger partial charge in [0.25, 0.3) is 5.91 Å². The third kappa shape index (κ3) is 2.81. The lowest BCUT2D eigenvalue weighted by Crippen LogP contribution is -2.27. The van der Waals surface area contributed by atoms with Crippen LogP contribution in [0, 0.1) is 19.7 Å². The Morgan fingerprint density at radius 3 is 2.79 bits per heavy atom. The summed E-state index contributed by atoms with van der Waals surface area (Å²) in [5.74, 6) is -0.755. The van der Waals surface area contributed by atoms with Crippen molar-refractivity contribution in [2.24, 2.45) is 0 Å². The number of amides is 1. The summed E-state index contributed by atoms with van der Waals surface area (Å²) >= 11 is 1.50. The number of rotatable bonds is 3. The molecule has 19 heavy (non-hydrogen) atoms. The fraction of sp³-hybridized carbons (Fsp3) is 0.286. The van der Waals surface area contributed by atoms with Gasteiger partial charge in [0.2, 0.25) is 0 Å². The average molecular weight is 278 g/mol. The van der Waals surface area contributed by atoms with E-state index in [1.54, 1.807) is 31.6 Å². The summed E-state index contributed by atoms with van der Waals surface area (Å²) < 4.78 is 13.9. The fourth-order valence-corrected chi connectivity index (χ4v) is 2.61. The molecule has 0 aliphatic carbocycles. The molecule has 0 atom stereocenters. The van der Waals surface area contributed by atoms with Gasteiger partial charge in [-0.3, -0.25) is 4.79 Å². The Morgan fingerprint density at radius 1 is 1.42 bits per heavy atom. The van der Waals surface area contributed by atoms with E-state index in [0.717, 1.165) is 10.6 Å². The number of benzene rings is 1. The molecule has 1 amide bonds. The van der Waals surface area contributed by atoms with Gasteiger partial charge < -0.3 is 4.90 Å². The summed E-state index contributed by atoms with van der Waals surface area (Å²) in [7, 11) is 1.67. The molecule has 0 saturated carbocycles. The fourth-order valence-electron chi connectivity index (χ4n) is 1.78. The SMILES string of the molecule is Cc1cccc(C(=O)N(C)Cc2scnc2C)c1F. The van der Waals surface area contributed by atoms with E-state index < -0.39 is 5.82 Å². The predicted molar refractivity (Wildman–Crippen MR) is 73.8 cm³/mol. The van der Waals surface area contributed by atoms with Crippen molar-refractivity contribution in [3.63, 3.8) is 0 Å². The maximum Gasteiger partial charge on any atom is 0.256 e. The highest BCUT2D eigenvalue weighted by molar-refractivity contribution is 7.09. The third-order valence-electron chi connectivity index (χ3n) is 2.99. The number of aromatic nitrogens is 1. The first kappa shape index (κ1) is 13.7. The van der Waals surface area contributed by atoms with Crippen LogP contribution in [-0.4, -0.2) is 22.8 Å². The Kier molecular flexibility index (Phi) is 3.95. The first-order valence-corrected chi connectivity index (χ1v) is 6.78. The van der Waals surface area contributed by atoms with Crippen LogP contribution in [-0.2, 0) is 6.54 Å². The van der Waals surface area contributed by atoms with Crippen molar-refractivity contribution >= 4 is 17.2 Å². The molecular weight excluding hydrogens is 263 g/mol. The summed E-state index contributed by atoms with van der Waals surface area (Å²) in [5.41, 5.74) is 3.25. The van der Waals surface area contributed by atoms with Crippen LogP contribution in [0.15, 0.2) is 23.7 Å². The van der Waals surface area contributed by atoms with Crippen LogP contribution in [0.4, 0.5) is 4.39 Å². The number of thiazole rings is 1. The normalized spacial score (nSPS) is 10.5. The lowest BCUT2D eigenvalue weighted by molar-refractivity contribution is 0.0781. The van der Waals surface area contributed by atoms with Gasteiger partial charge in [-0.2, -0.15) is 0 Å². The van der Waals surface area contributed by atoms with E-state index in [4.69, 9.17) is 0 Å². The number of carbonyl (C=O) groups is 1. The molecule has 1 aromatic heterocycles. The molecule has 0 radical (unpaired) electrons. The van der Waals surface area contributed by atoms with Gasteiger partial charge in [-0.1, -0.05) is 12.1 Å². The molecule has 0 N–H and O–H groups in total. The summed E-state index contributed by atoms with van der Waals surface area (Å²) in [6, 6.07) is 4.86. The van der Waals surface area contributed by atoms with E-state index in [9.17, 15) is 9.18 Å². The summed E-state index contributed by atoms with van der Waals surface area (Å²) in [4.78, 5) is 18.9. The maximum atomic E-state index is 13.9. The molecule has 100 valence electrons. The van der Waals surface area contributed by atoms with Crippen molar-refractivity contribution in [3.05, 3.63) is 51.2 Å². The lowest BCUT2D eigenvalue weighted by atomic mass is 10.1. The van der Waals surface area contributed by atoms with Crippen LogP contribution in [0.25, 0.3) is 0 Å². The predicted octanol–water partition coefficient (Wildman–Crippen LogP) is 3.17. The van der Waals surface area contributed by atoms with E-state index in [1.165, 1.54) is 22.3 Å². The van der Waals surface area contributed by atoms with E-state index in [2.05, 4.69) is 4.98 Å². The van der Waals surface area contributed by atoms with Crippen LogP contribution >= 0.6 is 11.3 Å². The van der Waals surface area contributed by atoms with Gasteiger partial charge in [0.15, 0.2) is 0 Å². The van der Waals surface area contributed by atoms with Gasteiger partial charge in [0.1, 0.15) is 5.82 Å². The largest absolute Gasteiger partial charge is 0.336 e. The minimum atomic E-state index is -0.444. The highest BCUT2D eigenvalue weighted by Crippen LogP contribution is 2.18. The van der Waals surface area contributed by atoms with Crippen LogP contribution in [0.2, 0.25) is 0 Å². The lowest BCUT2D eigenvalue weighted by Gasteiger charge is -2.17. The Labute approximate surface area is 115 Å². The average Bonchev–Trinajstić information content (AvgIpc) is 2.77. The van der Waals surface area contributed by atoms with Crippen LogP contribution in [0.3, 0.4) is 0 Å². The number of aryl methyl sites for hydroxylation is 2. The highest BCUT2D eigenvalue weighted by Gasteiger charge is 2.18. The molecule has 0 aliphatic rings. The zero-order chi connectivity index (χ0) is 14.0. The zero-order valence-electron chi connectivity index (χ0n) is 11.1. The maximum absolute atomic E-state index is 13.9. The molecule has 2 aromatic rings. The highest BCUT2D eigenvalue weighted by atomic mass is 32.1. The van der Waals surface area contributed by atoms with Crippen molar-refractivity contribution in [2.45, 2.75) is 20.4 Å². The Balaban J connectivity index is 2.20. The van der Waals surface area contributed by atoms with Gasteiger partial charge in [-0.25, -0.2) is 9.37 Å². The molecule has 1 aromatic carbocycles. The number of carbonyl (C=O) groups excluding carboxylic acids is 1. The molecular formula is C14H15FN2OS. The topological polar surface area (TPSA) is 33.2 Å². The standard InChI is InChI=1S/C14H15FN2OS/c1-9-5-4-6-11(13(9)15)14(18)17(3)7-12-10(2)16-8-19-12/h4-6,8H,7H2,1-3H3. The van der Waals surface area contributed by atoms with E-state index in [0.29, 0.717) is 12.1 Å². The number of halogens is 1. The first-order chi connectivity index (χ1) is 9.00. The van der Waals surface area contributed by atoms with Gasteiger partial charge >= 0.3 is 0 Å². The molecule has 0 spiro atoms. The molecule has 0 bridgehead atoms. The van der Waals surface area contributed by atoms with E-state index in [1.807, 2.05) is 6.92 Å². The Morgan fingerprint density at radius 2 is 2.16 bits per heavy atom. The summed E-state index contributed by atoms with van der Waals surface area (Å²) in [5, 5.41) is 0. The Hall–Kier alpha value is -1.75. The molecule has 5 heteroatoms. The van der Waals surface area contributed by atoms with Gasteiger partial charge in [-0.15, -0.1) is 11.3 Å². The Bertz CT molecular complexity index is 609. The summed E-state index contributed by atoms with van der Waals surface area (Å²) in [6.45, 7) is 4.00. The van der Waals surface area contributed by atoms with Crippen molar-refractivity contribution in [1.29, 1.82) is 0 Å². The van der Waals surface area contributed by atoms with Gasteiger partial charge in [0.05, 0.1) is 23.3 Å². The van der Waals surface area contributed by atoms with E-state index >= 15 is 0 Å². The van der Waals surface area contributed by atoms with Gasteiger partial charge in [-0.05, 0) is 25.5 Å². The van der Waals surface area contributed by atoms with Crippen LogP contribution in [0.1, 0.15) is 26.5 Å². The number of hydrogen-bond donors (Lipinski definition) is 0. The van der Waals surface area contributed by atoms with Crippen molar-refractivity contribution in [2.75, 3.05) is 7.05 Å². The number of hydrogen-bond acceptors (Lipinski definition) is 3. The first-order valence-electron chi connectivity index (χ1n) is 5.90. The minimum Gasteiger partial charge on any atom is -0.336 e. The summed E-state index contributed by atoms with van der Waals surface area (Å²) in [6.07, 6.45) is 0. The molecule has 2 rings (SSSR count). The second-order valence-electron chi connectivity index (χ2n) is 4.46. The molecule has 0 aliphatic heterocycles. The molecule has 0 fully saturated rings. The zero-order valence-corrected chi connectivity index (χ0v) is 11.9. The second-order valence-corrected chi connectivity index (χ2v) is 5.40. The molecule has 1 heterocycles. The quantitative estimate of drug-likeness (QED) is 0.864. The van der Waals surface area contributed by atoms with Crippen molar-refractivity contribution in [1.82, 2.24) is 9.88 Å². The third-order valence-corrected chi connectivity index (χ3v) is 3.91. The van der Waals surface area contributed by atoms with Crippen molar-refractivity contribution < 1.29 is 9.18 Å². The number of nitrogens with zero attached hydrogens (tertiary/aromatic N) is 2. The molecule has 0 saturated heterocycles. The molecule has 3 nitrogen and oxygen atoms in total. The molecule has 0 unspecified atom stereocenters. The second kappa shape index (κ2) is 5.48. The van der Waals surface area contributed by atoms with E-state index in [-0.39, 0.29) is 11.5 Å². The van der Waals surface area contributed by atoms with Crippen LogP contribution in [0.5, 0.6) is 0 Å².